The number of anilines is 1. The van der Waals surface area contributed by atoms with Crippen LogP contribution in [0, 0.1) is 5.41 Å². The van der Waals surface area contributed by atoms with Crippen LogP contribution in [0.15, 0.2) is 48.8 Å². The van der Waals surface area contributed by atoms with Gasteiger partial charge in [-0.1, -0.05) is 39.0 Å². The summed E-state index contributed by atoms with van der Waals surface area (Å²) in [4.78, 5) is 21.5. The summed E-state index contributed by atoms with van der Waals surface area (Å²) in [5.74, 6) is 0.550. The van der Waals surface area contributed by atoms with Crippen LogP contribution in [0.5, 0.6) is 0 Å². The molecule has 6 heteroatoms. The standard InChI is InChI=1S/C24H27N5O/c1-4-12-29-19(13-24(2,3)14-20(30)16-8-7-11-26-15-16)21-17-9-5-6-10-18(17)27-23(25)22(21)28-29/h5-11,15H,4,12-14H2,1-3H3,(H2,25,27). The molecule has 0 fully saturated rings. The highest BCUT2D eigenvalue weighted by molar-refractivity contribution is 6.09. The quantitative estimate of drug-likeness (QED) is 0.449. The minimum absolute atomic E-state index is 0.102. The lowest BCUT2D eigenvalue weighted by atomic mass is 9.81. The number of hydrogen-bond acceptors (Lipinski definition) is 5. The van der Waals surface area contributed by atoms with E-state index in [1.807, 2.05) is 28.9 Å². The Morgan fingerprint density at radius 3 is 2.70 bits per heavy atom. The number of fused-ring (bicyclic) bond motifs is 3. The van der Waals surface area contributed by atoms with E-state index in [9.17, 15) is 4.79 Å². The van der Waals surface area contributed by atoms with E-state index in [0.717, 1.165) is 40.5 Å². The van der Waals surface area contributed by atoms with Gasteiger partial charge in [0.2, 0.25) is 0 Å². The molecular formula is C24H27N5O. The number of aromatic nitrogens is 4. The number of nitrogens with two attached hydrogens (primary N) is 1. The van der Waals surface area contributed by atoms with Crippen molar-refractivity contribution in [3.8, 4) is 0 Å². The Hall–Kier alpha value is -3.28. The third-order valence-corrected chi connectivity index (χ3v) is 5.42. The zero-order valence-corrected chi connectivity index (χ0v) is 17.7. The average Bonchev–Trinajstić information content (AvgIpc) is 3.07. The number of para-hydroxylation sites is 1. The molecule has 0 aliphatic heterocycles. The molecular weight excluding hydrogens is 374 g/mol. The zero-order chi connectivity index (χ0) is 21.3. The highest BCUT2D eigenvalue weighted by atomic mass is 16.1. The minimum Gasteiger partial charge on any atom is -0.382 e. The molecule has 0 saturated heterocycles. The number of rotatable bonds is 7. The predicted molar refractivity (Wildman–Crippen MR) is 120 cm³/mol. The summed E-state index contributed by atoms with van der Waals surface area (Å²) in [6.45, 7) is 7.18. The summed E-state index contributed by atoms with van der Waals surface area (Å²) < 4.78 is 2.05. The van der Waals surface area contributed by atoms with Crippen molar-refractivity contribution in [3.63, 3.8) is 0 Å². The van der Waals surface area contributed by atoms with Gasteiger partial charge in [0.1, 0.15) is 5.52 Å². The van der Waals surface area contributed by atoms with Crippen molar-refractivity contribution in [2.75, 3.05) is 5.73 Å². The third-order valence-electron chi connectivity index (χ3n) is 5.42. The summed E-state index contributed by atoms with van der Waals surface area (Å²) in [6.07, 6.45) is 5.41. The SMILES string of the molecule is CCCn1nc2c(N)nc3ccccc3c2c1CC(C)(C)CC(=O)c1cccnc1. The number of nitrogen functional groups attached to an aromatic ring is 1. The van der Waals surface area contributed by atoms with E-state index in [4.69, 9.17) is 10.8 Å². The summed E-state index contributed by atoms with van der Waals surface area (Å²) in [7, 11) is 0. The second-order valence-corrected chi connectivity index (χ2v) is 8.59. The topological polar surface area (TPSA) is 86.7 Å². The molecule has 1 aromatic carbocycles. The maximum absolute atomic E-state index is 12.8. The molecule has 0 bridgehead atoms. The van der Waals surface area contributed by atoms with Crippen LogP contribution in [-0.2, 0) is 13.0 Å². The fourth-order valence-electron chi connectivity index (χ4n) is 4.08. The first-order valence-corrected chi connectivity index (χ1v) is 10.4. The van der Waals surface area contributed by atoms with Crippen LogP contribution in [0.2, 0.25) is 0 Å². The Labute approximate surface area is 176 Å². The van der Waals surface area contributed by atoms with Gasteiger partial charge in [-0.3, -0.25) is 14.5 Å². The molecule has 6 nitrogen and oxygen atoms in total. The van der Waals surface area contributed by atoms with Crippen LogP contribution >= 0.6 is 0 Å². The van der Waals surface area contributed by atoms with Crippen molar-refractivity contribution < 1.29 is 4.79 Å². The molecule has 0 saturated carbocycles. The number of carbonyl (C=O) groups excluding carboxylic acids is 1. The first-order chi connectivity index (χ1) is 14.4. The Balaban J connectivity index is 1.78. The number of ketones is 1. The van der Waals surface area contributed by atoms with Gasteiger partial charge < -0.3 is 5.73 Å². The molecule has 2 N–H and O–H groups in total. The van der Waals surface area contributed by atoms with Crippen LogP contribution in [0.3, 0.4) is 0 Å². The maximum Gasteiger partial charge on any atom is 0.164 e. The number of pyridine rings is 2. The van der Waals surface area contributed by atoms with Gasteiger partial charge in [-0.25, -0.2) is 4.98 Å². The second kappa shape index (κ2) is 7.86. The van der Waals surface area contributed by atoms with Gasteiger partial charge >= 0.3 is 0 Å². The zero-order valence-electron chi connectivity index (χ0n) is 17.7. The molecule has 0 amide bonds. The maximum atomic E-state index is 12.8. The van der Waals surface area contributed by atoms with Gasteiger partial charge in [0.15, 0.2) is 11.6 Å². The molecule has 0 atom stereocenters. The Kier molecular flexibility index (Phi) is 5.24. The van der Waals surface area contributed by atoms with Crippen molar-refractivity contribution in [2.24, 2.45) is 5.41 Å². The molecule has 4 aromatic rings. The molecule has 3 heterocycles. The smallest absolute Gasteiger partial charge is 0.164 e. The lowest BCUT2D eigenvalue weighted by Gasteiger charge is -2.24. The van der Waals surface area contributed by atoms with Gasteiger partial charge in [0.05, 0.1) is 5.52 Å². The summed E-state index contributed by atoms with van der Waals surface area (Å²) >= 11 is 0. The average molecular weight is 402 g/mol. The fraction of sp³-hybridized carbons (Fsp3) is 0.333. The van der Waals surface area contributed by atoms with E-state index in [0.29, 0.717) is 24.2 Å². The highest BCUT2D eigenvalue weighted by Crippen LogP contribution is 2.35. The first kappa shape index (κ1) is 20.0. The lowest BCUT2D eigenvalue weighted by molar-refractivity contribution is 0.0929. The second-order valence-electron chi connectivity index (χ2n) is 8.59. The van der Waals surface area contributed by atoms with E-state index in [-0.39, 0.29) is 11.2 Å². The number of benzene rings is 1. The third kappa shape index (κ3) is 3.77. The van der Waals surface area contributed by atoms with Crippen LogP contribution < -0.4 is 5.73 Å². The van der Waals surface area contributed by atoms with Crippen LogP contribution in [-0.4, -0.2) is 25.5 Å². The first-order valence-electron chi connectivity index (χ1n) is 10.4. The van der Waals surface area contributed by atoms with Crippen molar-refractivity contribution in [2.45, 2.75) is 46.6 Å². The monoisotopic (exact) mass is 401 g/mol. The van der Waals surface area contributed by atoms with Crippen molar-refractivity contribution in [1.82, 2.24) is 19.7 Å². The van der Waals surface area contributed by atoms with Crippen LogP contribution in [0.25, 0.3) is 21.8 Å². The lowest BCUT2D eigenvalue weighted by Crippen LogP contribution is -2.22. The normalized spacial score (nSPS) is 12.0. The molecule has 30 heavy (non-hydrogen) atoms. The number of Topliss-reactive ketones (excluding diaryl/α,β-unsaturated/α-hetero) is 1. The van der Waals surface area contributed by atoms with Crippen molar-refractivity contribution >= 4 is 33.4 Å². The minimum atomic E-state index is -0.259. The van der Waals surface area contributed by atoms with E-state index in [2.05, 4.69) is 36.8 Å². The molecule has 0 spiro atoms. The Bertz CT molecular complexity index is 1210. The Morgan fingerprint density at radius 1 is 1.17 bits per heavy atom. The highest BCUT2D eigenvalue weighted by Gasteiger charge is 2.28. The van der Waals surface area contributed by atoms with E-state index in [1.165, 1.54) is 0 Å². The van der Waals surface area contributed by atoms with Gasteiger partial charge in [-0.2, -0.15) is 5.10 Å². The molecule has 4 rings (SSSR count). The molecule has 3 aromatic heterocycles. The number of carbonyl (C=O) groups is 1. The number of aryl methyl sites for hydroxylation is 1. The van der Waals surface area contributed by atoms with Crippen molar-refractivity contribution in [1.29, 1.82) is 0 Å². The van der Waals surface area contributed by atoms with E-state index >= 15 is 0 Å². The molecule has 0 radical (unpaired) electrons. The van der Waals surface area contributed by atoms with Gasteiger partial charge in [0.25, 0.3) is 0 Å². The summed E-state index contributed by atoms with van der Waals surface area (Å²) in [6, 6.07) is 11.6. The van der Waals surface area contributed by atoms with Crippen LogP contribution in [0.1, 0.15) is 49.7 Å². The van der Waals surface area contributed by atoms with Crippen LogP contribution in [0.4, 0.5) is 5.82 Å². The van der Waals surface area contributed by atoms with Gasteiger partial charge in [0, 0.05) is 47.4 Å². The summed E-state index contributed by atoms with van der Waals surface area (Å²) in [5, 5.41) is 6.91. The molecule has 154 valence electrons. The van der Waals surface area contributed by atoms with Gasteiger partial charge in [-0.15, -0.1) is 0 Å². The molecule has 0 aliphatic rings. The number of nitrogens with zero attached hydrogens (tertiary/aromatic N) is 4. The fourth-order valence-corrected chi connectivity index (χ4v) is 4.08. The predicted octanol–water partition coefficient (Wildman–Crippen LogP) is 4.81. The molecule has 0 aliphatic carbocycles. The Morgan fingerprint density at radius 2 is 1.97 bits per heavy atom. The number of hydrogen-bond donors (Lipinski definition) is 1. The largest absolute Gasteiger partial charge is 0.382 e. The summed E-state index contributed by atoms with van der Waals surface area (Å²) in [5.41, 5.74) is 9.38. The molecule has 0 unspecified atom stereocenters. The van der Waals surface area contributed by atoms with Crippen molar-refractivity contribution in [3.05, 3.63) is 60.0 Å². The van der Waals surface area contributed by atoms with Gasteiger partial charge in [-0.05, 0) is 36.5 Å². The van der Waals surface area contributed by atoms with E-state index in [1.54, 1.807) is 18.5 Å². The van der Waals surface area contributed by atoms with E-state index < -0.39 is 0 Å².